The topological polar surface area (TPSA) is 42.0 Å². The second kappa shape index (κ2) is 3.71. The second-order valence-corrected chi connectivity index (χ2v) is 2.27. The van der Waals surface area contributed by atoms with Crippen molar-refractivity contribution >= 4 is 5.91 Å². The van der Waals surface area contributed by atoms with E-state index in [4.69, 9.17) is 0 Å². The van der Waals surface area contributed by atoms with E-state index >= 15 is 0 Å². The maximum atomic E-state index is 10.5. The van der Waals surface area contributed by atoms with Crippen molar-refractivity contribution in [3.8, 4) is 0 Å². The van der Waals surface area contributed by atoms with Gasteiger partial charge in [0.1, 0.15) is 0 Å². The molecule has 0 atom stereocenters. The van der Waals surface area contributed by atoms with Crippen LogP contribution in [0.2, 0.25) is 0 Å². The van der Waals surface area contributed by atoms with E-state index in [0.29, 0.717) is 6.54 Å². The van der Waals surface area contributed by atoms with Crippen LogP contribution >= 0.6 is 0 Å². The van der Waals surface area contributed by atoms with Crippen LogP contribution in [0, 0.1) is 0 Å². The maximum Gasteiger partial charge on any atom is 0.217 e. The van der Waals surface area contributed by atoms with Gasteiger partial charge in [0.25, 0.3) is 0 Å². The molecule has 1 aromatic heterocycles. The smallest absolute Gasteiger partial charge is 0.217 e. The molecule has 1 heterocycles. The molecule has 3 heteroatoms. The van der Waals surface area contributed by atoms with Crippen molar-refractivity contribution in [1.82, 2.24) is 10.3 Å². The van der Waals surface area contributed by atoms with Crippen LogP contribution in [0.1, 0.15) is 12.5 Å². The molecule has 0 fully saturated rings. The predicted molar refractivity (Wildman–Crippen MR) is 41.8 cm³/mol. The third-order valence-corrected chi connectivity index (χ3v) is 1.29. The fourth-order valence-electron chi connectivity index (χ4n) is 0.727. The van der Waals surface area contributed by atoms with Crippen LogP contribution in [0.15, 0.2) is 24.5 Å². The molecule has 0 aliphatic carbocycles. The molecule has 0 saturated heterocycles. The zero-order valence-corrected chi connectivity index (χ0v) is 6.37. The number of carbonyl (C=O) groups excluding carboxylic acids is 1. The van der Waals surface area contributed by atoms with Crippen molar-refractivity contribution < 1.29 is 4.79 Å². The molecule has 0 unspecified atom stereocenters. The number of rotatable bonds is 2. The van der Waals surface area contributed by atoms with E-state index in [2.05, 4.69) is 10.3 Å². The van der Waals surface area contributed by atoms with Crippen LogP contribution in [-0.4, -0.2) is 10.9 Å². The molecular formula is C8H10N2O. The van der Waals surface area contributed by atoms with Gasteiger partial charge in [-0.15, -0.1) is 0 Å². The predicted octanol–water partition coefficient (Wildman–Crippen LogP) is 0.718. The number of carbonyl (C=O) groups is 1. The Morgan fingerprint density at radius 1 is 1.55 bits per heavy atom. The van der Waals surface area contributed by atoms with Crippen LogP contribution < -0.4 is 5.32 Å². The first-order chi connectivity index (χ1) is 5.29. The Bertz CT molecular complexity index is 233. The Balaban J connectivity index is 2.45. The Kier molecular flexibility index (Phi) is 2.60. The van der Waals surface area contributed by atoms with E-state index in [-0.39, 0.29) is 5.91 Å². The molecule has 0 radical (unpaired) electrons. The highest BCUT2D eigenvalue weighted by molar-refractivity contribution is 5.72. The van der Waals surface area contributed by atoms with Crippen LogP contribution in [0.25, 0.3) is 0 Å². The van der Waals surface area contributed by atoms with Gasteiger partial charge in [0.05, 0.1) is 0 Å². The SMILES string of the molecule is CC(=O)NCc1ccncc1. The first kappa shape index (κ1) is 7.72. The van der Waals surface area contributed by atoms with Gasteiger partial charge < -0.3 is 5.32 Å². The Morgan fingerprint density at radius 2 is 2.18 bits per heavy atom. The van der Waals surface area contributed by atoms with Crippen LogP contribution in [0.5, 0.6) is 0 Å². The first-order valence-corrected chi connectivity index (χ1v) is 3.42. The molecule has 0 saturated carbocycles. The number of amides is 1. The van der Waals surface area contributed by atoms with Crippen LogP contribution in [0.4, 0.5) is 0 Å². The minimum absolute atomic E-state index is 0.0122. The van der Waals surface area contributed by atoms with Crippen LogP contribution in [0.3, 0.4) is 0 Å². The zero-order chi connectivity index (χ0) is 8.10. The minimum Gasteiger partial charge on any atom is -0.352 e. The molecule has 0 spiro atoms. The lowest BCUT2D eigenvalue weighted by Gasteiger charge is -1.99. The molecule has 11 heavy (non-hydrogen) atoms. The lowest BCUT2D eigenvalue weighted by atomic mass is 10.3. The van der Waals surface area contributed by atoms with Gasteiger partial charge in [-0.2, -0.15) is 0 Å². The van der Waals surface area contributed by atoms with Gasteiger partial charge >= 0.3 is 0 Å². The highest BCUT2D eigenvalue weighted by atomic mass is 16.1. The fraction of sp³-hybridized carbons (Fsp3) is 0.250. The van der Waals surface area contributed by atoms with Crippen LogP contribution in [-0.2, 0) is 11.3 Å². The van der Waals surface area contributed by atoms with Crippen molar-refractivity contribution in [2.24, 2.45) is 0 Å². The van der Waals surface area contributed by atoms with Gasteiger partial charge in [-0.1, -0.05) is 0 Å². The molecule has 0 bridgehead atoms. The highest BCUT2D eigenvalue weighted by Gasteiger charge is 1.91. The molecular weight excluding hydrogens is 140 g/mol. The summed E-state index contributed by atoms with van der Waals surface area (Å²) in [5, 5.41) is 2.70. The number of hydrogen-bond acceptors (Lipinski definition) is 2. The molecule has 1 rings (SSSR count). The molecule has 3 nitrogen and oxygen atoms in total. The highest BCUT2D eigenvalue weighted by Crippen LogP contribution is 1.93. The lowest BCUT2D eigenvalue weighted by molar-refractivity contribution is -0.119. The summed E-state index contributed by atoms with van der Waals surface area (Å²) in [7, 11) is 0. The van der Waals surface area contributed by atoms with Crippen molar-refractivity contribution in [2.45, 2.75) is 13.5 Å². The van der Waals surface area contributed by atoms with E-state index in [1.807, 2.05) is 12.1 Å². The van der Waals surface area contributed by atoms with E-state index in [1.54, 1.807) is 12.4 Å². The summed E-state index contributed by atoms with van der Waals surface area (Å²) in [6, 6.07) is 3.74. The molecule has 58 valence electrons. The summed E-state index contributed by atoms with van der Waals surface area (Å²) in [6.45, 7) is 2.08. The molecule has 1 N–H and O–H groups in total. The third kappa shape index (κ3) is 2.80. The van der Waals surface area contributed by atoms with Gasteiger partial charge in [0.2, 0.25) is 5.91 Å². The number of nitrogens with zero attached hydrogens (tertiary/aromatic N) is 1. The summed E-state index contributed by atoms with van der Waals surface area (Å²) >= 11 is 0. The standard InChI is InChI=1S/C8H10N2O/c1-7(11)10-6-8-2-4-9-5-3-8/h2-5H,6H2,1H3,(H,10,11). The minimum atomic E-state index is -0.0122. The number of hydrogen-bond donors (Lipinski definition) is 1. The largest absolute Gasteiger partial charge is 0.352 e. The van der Waals surface area contributed by atoms with E-state index in [1.165, 1.54) is 6.92 Å². The maximum absolute atomic E-state index is 10.5. The Labute approximate surface area is 65.5 Å². The van der Waals surface area contributed by atoms with Gasteiger partial charge in [0, 0.05) is 25.9 Å². The van der Waals surface area contributed by atoms with Gasteiger partial charge in [-0.05, 0) is 17.7 Å². The molecule has 0 aliphatic heterocycles. The number of nitrogens with one attached hydrogen (secondary N) is 1. The van der Waals surface area contributed by atoms with Crippen molar-refractivity contribution in [1.29, 1.82) is 0 Å². The average molecular weight is 150 g/mol. The van der Waals surface area contributed by atoms with Crippen molar-refractivity contribution in [2.75, 3.05) is 0 Å². The number of aromatic nitrogens is 1. The molecule has 0 aliphatic rings. The molecule has 1 amide bonds. The van der Waals surface area contributed by atoms with E-state index in [0.717, 1.165) is 5.56 Å². The van der Waals surface area contributed by atoms with Gasteiger partial charge in [0.15, 0.2) is 0 Å². The summed E-state index contributed by atoms with van der Waals surface area (Å²) in [6.07, 6.45) is 3.41. The van der Waals surface area contributed by atoms with Crippen molar-refractivity contribution in [3.63, 3.8) is 0 Å². The van der Waals surface area contributed by atoms with E-state index < -0.39 is 0 Å². The van der Waals surface area contributed by atoms with Crippen molar-refractivity contribution in [3.05, 3.63) is 30.1 Å². The Morgan fingerprint density at radius 3 is 2.73 bits per heavy atom. The zero-order valence-electron chi connectivity index (χ0n) is 6.37. The second-order valence-electron chi connectivity index (χ2n) is 2.27. The summed E-state index contributed by atoms with van der Waals surface area (Å²) in [5.41, 5.74) is 1.07. The first-order valence-electron chi connectivity index (χ1n) is 3.42. The average Bonchev–Trinajstić information content (AvgIpc) is 2.03. The quantitative estimate of drug-likeness (QED) is 0.674. The summed E-state index contributed by atoms with van der Waals surface area (Å²) < 4.78 is 0. The molecule has 0 aromatic carbocycles. The molecule has 1 aromatic rings. The normalized spacial score (nSPS) is 9.18. The fourth-order valence-corrected chi connectivity index (χ4v) is 0.727. The van der Waals surface area contributed by atoms with E-state index in [9.17, 15) is 4.79 Å². The van der Waals surface area contributed by atoms with Gasteiger partial charge in [-0.25, -0.2) is 0 Å². The summed E-state index contributed by atoms with van der Waals surface area (Å²) in [5.74, 6) is -0.0122. The third-order valence-electron chi connectivity index (χ3n) is 1.29. The summed E-state index contributed by atoms with van der Waals surface area (Å²) in [4.78, 5) is 14.4. The monoisotopic (exact) mass is 150 g/mol. The Hall–Kier alpha value is -1.38. The lowest BCUT2D eigenvalue weighted by Crippen LogP contribution is -2.18. The number of pyridine rings is 1. The van der Waals surface area contributed by atoms with Gasteiger partial charge in [-0.3, -0.25) is 9.78 Å².